The molecule has 2 aromatic carbocycles. The average molecular weight is 374 g/mol. The molecule has 1 atom stereocenters. The van der Waals surface area contributed by atoms with Gasteiger partial charge in [-0.05, 0) is 36.6 Å². The van der Waals surface area contributed by atoms with Crippen LogP contribution < -0.4 is 0 Å². The van der Waals surface area contributed by atoms with E-state index in [2.05, 4.69) is 0 Å². The highest BCUT2D eigenvalue weighted by atomic mass is 35.5. The van der Waals surface area contributed by atoms with E-state index in [1.165, 1.54) is 12.1 Å². The van der Waals surface area contributed by atoms with Gasteiger partial charge in [-0.1, -0.05) is 48.0 Å². The van der Waals surface area contributed by atoms with Gasteiger partial charge in [0.25, 0.3) is 0 Å². The van der Waals surface area contributed by atoms with Gasteiger partial charge in [-0.3, -0.25) is 4.79 Å². The molecule has 1 amide bonds. The Bertz CT molecular complexity index is 787. The van der Waals surface area contributed by atoms with Crippen molar-refractivity contribution < 1.29 is 13.9 Å². The van der Waals surface area contributed by atoms with Crippen molar-refractivity contribution in [2.75, 3.05) is 13.2 Å². The summed E-state index contributed by atoms with van der Waals surface area (Å²) in [7, 11) is 0. The molecule has 1 heterocycles. The third kappa shape index (κ3) is 4.93. The molecule has 5 heteroatoms. The van der Waals surface area contributed by atoms with Crippen LogP contribution in [0.4, 0.5) is 4.39 Å². The van der Waals surface area contributed by atoms with Gasteiger partial charge in [0.15, 0.2) is 0 Å². The number of halogens is 2. The van der Waals surface area contributed by atoms with Crippen LogP contribution in [0.25, 0.3) is 6.08 Å². The molecule has 0 N–H and O–H groups in total. The Balaban J connectivity index is 1.76. The summed E-state index contributed by atoms with van der Waals surface area (Å²) in [5.74, 6) is -0.503. The van der Waals surface area contributed by atoms with Gasteiger partial charge in [0, 0.05) is 36.4 Å². The molecule has 3 rings (SSSR count). The topological polar surface area (TPSA) is 29.5 Å². The van der Waals surface area contributed by atoms with E-state index in [1.807, 2.05) is 18.2 Å². The first kappa shape index (κ1) is 18.6. The molecule has 1 aliphatic heterocycles. The number of ether oxygens (including phenoxy) is 1. The summed E-state index contributed by atoms with van der Waals surface area (Å²) in [5, 5.41) is 0.580. The van der Waals surface area contributed by atoms with E-state index in [0.717, 1.165) is 18.4 Å². The Labute approximate surface area is 158 Å². The van der Waals surface area contributed by atoms with Crippen LogP contribution in [0.2, 0.25) is 5.02 Å². The molecule has 2 aromatic rings. The highest BCUT2D eigenvalue weighted by molar-refractivity contribution is 6.32. The van der Waals surface area contributed by atoms with Gasteiger partial charge in [-0.15, -0.1) is 0 Å². The second kappa shape index (κ2) is 8.97. The van der Waals surface area contributed by atoms with Crippen LogP contribution in [0.5, 0.6) is 0 Å². The first-order valence-corrected chi connectivity index (χ1v) is 9.08. The molecule has 0 bridgehead atoms. The van der Waals surface area contributed by atoms with E-state index in [1.54, 1.807) is 35.2 Å². The first-order valence-electron chi connectivity index (χ1n) is 8.70. The Hall–Kier alpha value is -2.17. The Morgan fingerprint density at radius 2 is 2.00 bits per heavy atom. The molecule has 0 aromatic heterocycles. The Morgan fingerprint density at radius 3 is 2.73 bits per heavy atom. The molecular formula is C21H21ClFNO2. The molecule has 1 fully saturated rings. The third-order valence-electron chi connectivity index (χ3n) is 4.39. The van der Waals surface area contributed by atoms with Crippen molar-refractivity contribution in [1.29, 1.82) is 0 Å². The zero-order valence-corrected chi connectivity index (χ0v) is 15.2. The Kier molecular flexibility index (Phi) is 6.42. The lowest BCUT2D eigenvalue weighted by molar-refractivity contribution is -0.128. The maximum absolute atomic E-state index is 14.0. The van der Waals surface area contributed by atoms with Crippen LogP contribution in [-0.4, -0.2) is 30.1 Å². The normalized spacial score (nSPS) is 16.9. The number of rotatable bonds is 6. The van der Waals surface area contributed by atoms with Crippen LogP contribution in [0.15, 0.2) is 54.6 Å². The van der Waals surface area contributed by atoms with Gasteiger partial charge in [0.05, 0.1) is 6.10 Å². The zero-order valence-electron chi connectivity index (χ0n) is 14.4. The number of nitrogens with zero attached hydrogens (tertiary/aromatic N) is 1. The van der Waals surface area contributed by atoms with Crippen molar-refractivity contribution >= 4 is 23.6 Å². The van der Waals surface area contributed by atoms with Crippen LogP contribution in [0.3, 0.4) is 0 Å². The SMILES string of the molecule is O=C(/C=C/c1ccccc1Cl)N(Cc1ccccc1F)CC1CCCO1. The molecule has 1 aliphatic rings. The summed E-state index contributed by atoms with van der Waals surface area (Å²) in [6.45, 7) is 1.36. The summed E-state index contributed by atoms with van der Waals surface area (Å²) >= 11 is 6.13. The van der Waals surface area contributed by atoms with Crippen molar-refractivity contribution in [3.63, 3.8) is 0 Å². The summed E-state index contributed by atoms with van der Waals surface area (Å²) < 4.78 is 19.7. The minimum Gasteiger partial charge on any atom is -0.376 e. The van der Waals surface area contributed by atoms with Crippen molar-refractivity contribution in [2.24, 2.45) is 0 Å². The molecular weight excluding hydrogens is 353 g/mol. The van der Waals surface area contributed by atoms with Crippen molar-refractivity contribution in [3.05, 3.63) is 76.6 Å². The number of hydrogen-bond donors (Lipinski definition) is 0. The lowest BCUT2D eigenvalue weighted by Crippen LogP contribution is -2.36. The summed E-state index contributed by atoms with van der Waals surface area (Å²) in [5.41, 5.74) is 1.26. The second-order valence-corrected chi connectivity index (χ2v) is 6.71. The minimum atomic E-state index is -0.312. The van der Waals surface area contributed by atoms with Crippen molar-refractivity contribution in [3.8, 4) is 0 Å². The molecule has 0 aliphatic carbocycles. The van der Waals surface area contributed by atoms with Crippen molar-refractivity contribution in [1.82, 2.24) is 4.90 Å². The van der Waals surface area contributed by atoms with E-state index in [0.29, 0.717) is 23.7 Å². The first-order chi connectivity index (χ1) is 12.6. The van der Waals surface area contributed by atoms with E-state index < -0.39 is 0 Å². The Morgan fingerprint density at radius 1 is 1.23 bits per heavy atom. The van der Waals surface area contributed by atoms with Crippen molar-refractivity contribution in [2.45, 2.75) is 25.5 Å². The van der Waals surface area contributed by atoms with E-state index in [9.17, 15) is 9.18 Å². The summed E-state index contributed by atoms with van der Waals surface area (Å²) in [6.07, 6.45) is 5.07. The van der Waals surface area contributed by atoms with Gasteiger partial charge in [-0.2, -0.15) is 0 Å². The smallest absolute Gasteiger partial charge is 0.246 e. The molecule has 0 spiro atoms. The number of carbonyl (C=O) groups is 1. The summed E-state index contributed by atoms with van der Waals surface area (Å²) in [4.78, 5) is 14.4. The fourth-order valence-corrected chi connectivity index (χ4v) is 3.17. The number of carbonyl (C=O) groups excluding carboxylic acids is 1. The number of benzene rings is 2. The van der Waals surface area contributed by atoms with Crippen LogP contribution in [0.1, 0.15) is 24.0 Å². The van der Waals surface area contributed by atoms with Crippen LogP contribution in [-0.2, 0) is 16.1 Å². The number of hydrogen-bond acceptors (Lipinski definition) is 2. The van der Waals surface area contributed by atoms with Gasteiger partial charge >= 0.3 is 0 Å². The highest BCUT2D eigenvalue weighted by Crippen LogP contribution is 2.19. The molecule has 136 valence electrons. The van der Waals surface area contributed by atoms with Gasteiger partial charge < -0.3 is 9.64 Å². The van der Waals surface area contributed by atoms with Gasteiger partial charge in [0.2, 0.25) is 5.91 Å². The maximum atomic E-state index is 14.0. The standard InChI is InChI=1S/C21H21ClFNO2/c22-19-9-3-1-6-16(19)11-12-21(25)24(15-18-8-5-13-26-18)14-17-7-2-4-10-20(17)23/h1-4,6-7,9-12,18H,5,8,13-15H2/b12-11+. The molecule has 0 saturated carbocycles. The molecule has 0 radical (unpaired) electrons. The maximum Gasteiger partial charge on any atom is 0.246 e. The molecule has 26 heavy (non-hydrogen) atoms. The lowest BCUT2D eigenvalue weighted by atomic mass is 10.1. The monoisotopic (exact) mass is 373 g/mol. The zero-order chi connectivity index (χ0) is 18.4. The molecule has 3 nitrogen and oxygen atoms in total. The molecule has 1 unspecified atom stereocenters. The van der Waals surface area contributed by atoms with E-state index >= 15 is 0 Å². The lowest BCUT2D eigenvalue weighted by Gasteiger charge is -2.24. The predicted octanol–water partition coefficient (Wildman–Crippen LogP) is 4.70. The average Bonchev–Trinajstić information content (AvgIpc) is 3.15. The van der Waals surface area contributed by atoms with Crippen LogP contribution >= 0.6 is 11.6 Å². The third-order valence-corrected chi connectivity index (χ3v) is 4.73. The van der Waals surface area contributed by atoms with Gasteiger partial charge in [0.1, 0.15) is 5.82 Å². The van der Waals surface area contributed by atoms with Crippen LogP contribution in [0, 0.1) is 5.82 Å². The number of amides is 1. The largest absolute Gasteiger partial charge is 0.376 e. The second-order valence-electron chi connectivity index (χ2n) is 6.30. The fourth-order valence-electron chi connectivity index (χ4n) is 2.98. The summed E-state index contributed by atoms with van der Waals surface area (Å²) in [6, 6.07) is 13.8. The predicted molar refractivity (Wildman–Crippen MR) is 101 cm³/mol. The highest BCUT2D eigenvalue weighted by Gasteiger charge is 2.22. The minimum absolute atomic E-state index is 0.000522. The van der Waals surface area contributed by atoms with Gasteiger partial charge in [-0.25, -0.2) is 4.39 Å². The molecule has 1 saturated heterocycles. The fraction of sp³-hybridized carbons (Fsp3) is 0.286. The van der Waals surface area contributed by atoms with E-state index in [-0.39, 0.29) is 24.4 Å². The van der Waals surface area contributed by atoms with E-state index in [4.69, 9.17) is 16.3 Å². The quantitative estimate of drug-likeness (QED) is 0.687.